The van der Waals surface area contributed by atoms with E-state index < -0.39 is 10.8 Å². The maximum atomic E-state index is 13.0. The Kier molecular flexibility index (Phi) is 7.26. The molecule has 0 N–H and O–H groups in total. The number of aryl methyl sites for hydroxylation is 1. The molecule has 3 rings (SSSR count). The highest BCUT2D eigenvalue weighted by atomic mass is 32.2. The SMILES string of the molecule is CC[S@](=O)c1ccccc1C(=O)N1CCC(CCc2ccc(OC)cc2)CC1. The molecule has 1 saturated heterocycles. The zero-order valence-electron chi connectivity index (χ0n) is 16.7. The first-order valence-electron chi connectivity index (χ1n) is 10.0. The Morgan fingerprint density at radius 3 is 2.43 bits per heavy atom. The molecule has 1 fully saturated rings. The highest BCUT2D eigenvalue weighted by Crippen LogP contribution is 2.25. The quantitative estimate of drug-likeness (QED) is 0.697. The largest absolute Gasteiger partial charge is 0.497 e. The summed E-state index contributed by atoms with van der Waals surface area (Å²) in [6, 6.07) is 15.6. The van der Waals surface area contributed by atoms with Gasteiger partial charge in [0.15, 0.2) is 0 Å². The van der Waals surface area contributed by atoms with Crippen LogP contribution in [0.1, 0.15) is 42.1 Å². The van der Waals surface area contributed by atoms with E-state index in [4.69, 9.17) is 4.74 Å². The van der Waals surface area contributed by atoms with Gasteiger partial charge in [-0.3, -0.25) is 9.00 Å². The second-order valence-electron chi connectivity index (χ2n) is 7.25. The van der Waals surface area contributed by atoms with Crippen molar-refractivity contribution in [1.82, 2.24) is 4.90 Å². The van der Waals surface area contributed by atoms with Crippen molar-refractivity contribution in [2.45, 2.75) is 37.5 Å². The van der Waals surface area contributed by atoms with Gasteiger partial charge in [-0.15, -0.1) is 0 Å². The van der Waals surface area contributed by atoms with Crippen molar-refractivity contribution in [3.05, 3.63) is 59.7 Å². The van der Waals surface area contributed by atoms with Gasteiger partial charge >= 0.3 is 0 Å². The summed E-state index contributed by atoms with van der Waals surface area (Å²) in [5, 5.41) is 0. The van der Waals surface area contributed by atoms with E-state index in [9.17, 15) is 9.00 Å². The Hall–Kier alpha value is -2.14. The number of carbonyl (C=O) groups excluding carboxylic acids is 1. The zero-order chi connectivity index (χ0) is 19.9. The van der Waals surface area contributed by atoms with E-state index in [2.05, 4.69) is 12.1 Å². The summed E-state index contributed by atoms with van der Waals surface area (Å²) >= 11 is 0. The maximum Gasteiger partial charge on any atom is 0.255 e. The normalized spacial score (nSPS) is 16.0. The number of carbonyl (C=O) groups is 1. The summed E-state index contributed by atoms with van der Waals surface area (Å²) in [7, 11) is 0.566. The van der Waals surface area contributed by atoms with Gasteiger partial charge < -0.3 is 9.64 Å². The highest BCUT2D eigenvalue weighted by Gasteiger charge is 2.25. The number of benzene rings is 2. The Morgan fingerprint density at radius 2 is 1.79 bits per heavy atom. The molecular weight excluding hydrogens is 370 g/mol. The topological polar surface area (TPSA) is 46.6 Å². The Labute approximate surface area is 170 Å². The average Bonchev–Trinajstić information content (AvgIpc) is 2.77. The molecule has 0 aliphatic carbocycles. The number of amides is 1. The molecule has 0 aromatic heterocycles. The van der Waals surface area contributed by atoms with Crippen LogP contribution in [0.2, 0.25) is 0 Å². The van der Waals surface area contributed by atoms with E-state index in [1.807, 2.05) is 42.2 Å². The predicted octanol–water partition coefficient (Wildman–Crippen LogP) is 4.31. The van der Waals surface area contributed by atoms with Crippen molar-refractivity contribution in [3.8, 4) is 5.75 Å². The van der Waals surface area contributed by atoms with Crippen LogP contribution in [0.3, 0.4) is 0 Å². The van der Waals surface area contributed by atoms with Crippen LogP contribution in [0.4, 0.5) is 0 Å². The number of piperidine rings is 1. The lowest BCUT2D eigenvalue weighted by molar-refractivity contribution is 0.0683. The lowest BCUT2D eigenvalue weighted by Crippen LogP contribution is -2.39. The lowest BCUT2D eigenvalue weighted by Gasteiger charge is -2.32. The van der Waals surface area contributed by atoms with Gasteiger partial charge in [-0.05, 0) is 61.4 Å². The highest BCUT2D eigenvalue weighted by molar-refractivity contribution is 7.85. The molecule has 2 aromatic rings. The molecule has 0 spiro atoms. The fourth-order valence-electron chi connectivity index (χ4n) is 3.76. The summed E-state index contributed by atoms with van der Waals surface area (Å²) in [4.78, 5) is 15.6. The summed E-state index contributed by atoms with van der Waals surface area (Å²) in [5.41, 5.74) is 1.93. The molecule has 1 aliphatic heterocycles. The van der Waals surface area contributed by atoms with E-state index in [1.54, 1.807) is 13.2 Å². The average molecular weight is 400 g/mol. The lowest BCUT2D eigenvalue weighted by atomic mass is 9.90. The van der Waals surface area contributed by atoms with Gasteiger partial charge in [0.25, 0.3) is 5.91 Å². The molecule has 5 heteroatoms. The van der Waals surface area contributed by atoms with E-state index in [0.29, 0.717) is 22.1 Å². The van der Waals surface area contributed by atoms with Crippen LogP contribution in [0.15, 0.2) is 53.4 Å². The second kappa shape index (κ2) is 9.87. The van der Waals surface area contributed by atoms with E-state index in [1.165, 1.54) is 5.56 Å². The molecule has 1 heterocycles. The molecule has 1 atom stereocenters. The van der Waals surface area contributed by atoms with E-state index in [0.717, 1.165) is 44.5 Å². The van der Waals surface area contributed by atoms with Crippen LogP contribution >= 0.6 is 0 Å². The van der Waals surface area contributed by atoms with Crippen molar-refractivity contribution < 1.29 is 13.7 Å². The number of nitrogens with zero attached hydrogens (tertiary/aromatic N) is 1. The van der Waals surface area contributed by atoms with Crippen LogP contribution in [-0.4, -0.2) is 41.0 Å². The Bertz CT molecular complexity index is 811. The van der Waals surface area contributed by atoms with Gasteiger partial charge in [-0.2, -0.15) is 0 Å². The van der Waals surface area contributed by atoms with Gasteiger partial charge in [0.2, 0.25) is 0 Å². The number of likely N-dealkylation sites (tertiary alicyclic amines) is 1. The number of rotatable bonds is 7. The van der Waals surface area contributed by atoms with Crippen molar-refractivity contribution in [1.29, 1.82) is 0 Å². The van der Waals surface area contributed by atoms with Crippen molar-refractivity contribution >= 4 is 16.7 Å². The third-order valence-electron chi connectivity index (χ3n) is 5.53. The van der Waals surface area contributed by atoms with Crippen molar-refractivity contribution in [2.24, 2.45) is 5.92 Å². The molecule has 1 amide bonds. The molecule has 2 aromatic carbocycles. The minimum Gasteiger partial charge on any atom is -0.497 e. The Balaban J connectivity index is 1.53. The second-order valence-corrected chi connectivity index (χ2v) is 8.96. The predicted molar refractivity (Wildman–Crippen MR) is 113 cm³/mol. The fourth-order valence-corrected chi connectivity index (χ4v) is 4.70. The molecule has 1 aliphatic rings. The van der Waals surface area contributed by atoms with E-state index >= 15 is 0 Å². The smallest absolute Gasteiger partial charge is 0.255 e. The van der Waals surface area contributed by atoms with Gasteiger partial charge in [0.05, 0.1) is 28.4 Å². The molecule has 0 unspecified atom stereocenters. The number of hydrogen-bond acceptors (Lipinski definition) is 3. The molecule has 4 nitrogen and oxygen atoms in total. The minimum absolute atomic E-state index is 0.0194. The third kappa shape index (κ3) is 5.02. The number of hydrogen-bond donors (Lipinski definition) is 0. The van der Waals surface area contributed by atoms with E-state index in [-0.39, 0.29) is 5.91 Å². The molecule has 0 radical (unpaired) electrons. The van der Waals surface area contributed by atoms with Crippen LogP contribution < -0.4 is 4.74 Å². The van der Waals surface area contributed by atoms with Gasteiger partial charge in [0.1, 0.15) is 5.75 Å². The van der Waals surface area contributed by atoms with Crippen molar-refractivity contribution in [2.75, 3.05) is 26.0 Å². The summed E-state index contributed by atoms with van der Waals surface area (Å²) in [5.74, 6) is 2.08. The number of ether oxygens (including phenoxy) is 1. The van der Waals surface area contributed by atoms with Crippen LogP contribution in [0.5, 0.6) is 5.75 Å². The number of methoxy groups -OCH3 is 1. The van der Waals surface area contributed by atoms with Crippen LogP contribution in [0.25, 0.3) is 0 Å². The molecule has 0 saturated carbocycles. The molecule has 150 valence electrons. The van der Waals surface area contributed by atoms with Gasteiger partial charge in [-0.1, -0.05) is 31.2 Å². The first kappa shape index (κ1) is 20.6. The first-order chi connectivity index (χ1) is 13.6. The Morgan fingerprint density at radius 1 is 1.11 bits per heavy atom. The molecular formula is C23H29NO3S. The molecule has 28 heavy (non-hydrogen) atoms. The standard InChI is InChI=1S/C23H29NO3S/c1-3-28(26)22-7-5-4-6-21(22)23(25)24-16-14-19(15-17-24)9-8-18-10-12-20(27-2)13-11-18/h4-7,10-13,19H,3,8-9,14-17H2,1-2H3/t28-/m0/s1. The third-order valence-corrected chi connectivity index (χ3v) is 6.90. The first-order valence-corrected chi connectivity index (χ1v) is 11.3. The minimum atomic E-state index is -1.12. The maximum absolute atomic E-state index is 13.0. The summed E-state index contributed by atoms with van der Waals surface area (Å²) in [6.45, 7) is 3.43. The summed E-state index contributed by atoms with van der Waals surface area (Å²) in [6.07, 6.45) is 4.26. The van der Waals surface area contributed by atoms with Crippen LogP contribution in [0, 0.1) is 5.92 Å². The fraction of sp³-hybridized carbons (Fsp3) is 0.435. The monoisotopic (exact) mass is 399 g/mol. The van der Waals surface area contributed by atoms with Crippen molar-refractivity contribution in [3.63, 3.8) is 0 Å². The van der Waals surface area contributed by atoms with Gasteiger partial charge in [-0.25, -0.2) is 0 Å². The zero-order valence-corrected chi connectivity index (χ0v) is 17.5. The van der Waals surface area contributed by atoms with Crippen LogP contribution in [-0.2, 0) is 17.2 Å². The molecule has 0 bridgehead atoms. The van der Waals surface area contributed by atoms with Gasteiger partial charge in [0, 0.05) is 18.8 Å². The summed E-state index contributed by atoms with van der Waals surface area (Å²) < 4.78 is 17.5.